The minimum Gasteiger partial charge on any atom is -0.493 e. The van der Waals surface area contributed by atoms with Crippen LogP contribution in [0.3, 0.4) is 0 Å². The molecule has 0 aliphatic carbocycles. The average molecular weight is 338 g/mol. The average Bonchev–Trinajstić information content (AvgIpc) is 3.02. The summed E-state index contributed by atoms with van der Waals surface area (Å²) in [6.07, 6.45) is 2.72. The molecule has 1 unspecified atom stereocenters. The molecule has 7 heteroatoms. The molecule has 0 spiro atoms. The first-order valence-corrected chi connectivity index (χ1v) is 7.22. The van der Waals surface area contributed by atoms with E-state index in [2.05, 4.69) is 22.4 Å². The van der Waals surface area contributed by atoms with Crippen LogP contribution in [0.1, 0.15) is 24.2 Å². The number of likely N-dealkylation sites (N-methyl/N-ethyl adjacent to an activating group) is 1. The normalized spacial score (nSPS) is 14.1. The minimum atomic E-state index is 0. The lowest BCUT2D eigenvalue weighted by atomic mass is 10.1. The van der Waals surface area contributed by atoms with Crippen LogP contribution in [-0.2, 0) is 6.42 Å². The summed E-state index contributed by atoms with van der Waals surface area (Å²) < 4.78 is 16.4. The van der Waals surface area contributed by atoms with Crippen LogP contribution in [0.25, 0.3) is 11.6 Å². The molecule has 0 saturated heterocycles. The molecule has 124 valence electrons. The Kier molecular flexibility index (Phi) is 5.63. The van der Waals surface area contributed by atoms with Crippen molar-refractivity contribution in [2.45, 2.75) is 19.4 Å². The van der Waals surface area contributed by atoms with Crippen molar-refractivity contribution in [1.82, 2.24) is 15.5 Å². The lowest BCUT2D eigenvalue weighted by Gasteiger charge is -2.18. The van der Waals surface area contributed by atoms with Gasteiger partial charge in [-0.1, -0.05) is 17.3 Å². The molecule has 0 bridgehead atoms. The van der Waals surface area contributed by atoms with Gasteiger partial charge < -0.3 is 19.3 Å². The number of benzene rings is 1. The molecule has 1 aliphatic rings. The number of aromatic nitrogens is 2. The van der Waals surface area contributed by atoms with E-state index < -0.39 is 0 Å². The Labute approximate surface area is 141 Å². The van der Waals surface area contributed by atoms with Crippen LogP contribution < -0.4 is 14.8 Å². The van der Waals surface area contributed by atoms with E-state index in [-0.39, 0.29) is 12.4 Å². The topological polar surface area (TPSA) is 69.4 Å². The maximum absolute atomic E-state index is 5.79. The number of hydrogen-bond acceptors (Lipinski definition) is 6. The number of para-hydroxylation sites is 1. The van der Waals surface area contributed by atoms with Gasteiger partial charge in [-0.05, 0) is 26.1 Å². The minimum absolute atomic E-state index is 0. The van der Waals surface area contributed by atoms with Crippen molar-refractivity contribution in [1.29, 1.82) is 0 Å². The molecule has 1 aromatic carbocycles. The Morgan fingerprint density at radius 1 is 1.39 bits per heavy atom. The summed E-state index contributed by atoms with van der Waals surface area (Å²) in [6, 6.07) is 6.07. The molecule has 0 saturated carbocycles. The third kappa shape index (κ3) is 3.65. The van der Waals surface area contributed by atoms with Crippen LogP contribution in [-0.4, -0.2) is 36.9 Å². The number of nitrogens with one attached hydrogen (secondary N) is 1. The van der Waals surface area contributed by atoms with Gasteiger partial charge in [0.1, 0.15) is 6.61 Å². The zero-order valence-corrected chi connectivity index (χ0v) is 14.1. The van der Waals surface area contributed by atoms with Crippen LogP contribution in [0.5, 0.6) is 11.5 Å². The monoisotopic (exact) mass is 337 g/mol. The van der Waals surface area contributed by atoms with E-state index in [9.17, 15) is 0 Å². The molecule has 1 aromatic heterocycles. The Morgan fingerprint density at radius 3 is 2.96 bits per heavy atom. The molecule has 0 fully saturated rings. The number of ether oxygens (including phenoxy) is 2. The van der Waals surface area contributed by atoms with Gasteiger partial charge in [0.05, 0.1) is 12.7 Å². The summed E-state index contributed by atoms with van der Waals surface area (Å²) in [4.78, 5) is 4.44. The van der Waals surface area contributed by atoms with Crippen LogP contribution in [0, 0.1) is 0 Å². The molecule has 23 heavy (non-hydrogen) atoms. The van der Waals surface area contributed by atoms with E-state index in [4.69, 9.17) is 14.0 Å². The second kappa shape index (κ2) is 7.48. The van der Waals surface area contributed by atoms with Gasteiger partial charge in [0.2, 0.25) is 0 Å². The van der Waals surface area contributed by atoms with Gasteiger partial charge in [-0.25, -0.2) is 0 Å². The SMILES string of the molecule is CNC(C)Cc1noc(C2=Cc3cccc(OC)c3OC2)n1.Cl. The van der Waals surface area contributed by atoms with Crippen molar-refractivity contribution in [3.63, 3.8) is 0 Å². The smallest absolute Gasteiger partial charge is 0.257 e. The molecule has 0 amide bonds. The molecule has 3 rings (SSSR count). The summed E-state index contributed by atoms with van der Waals surface area (Å²) >= 11 is 0. The zero-order chi connectivity index (χ0) is 15.5. The summed E-state index contributed by atoms with van der Waals surface area (Å²) in [5.41, 5.74) is 1.82. The maximum atomic E-state index is 5.79. The van der Waals surface area contributed by atoms with Gasteiger partial charge in [-0.15, -0.1) is 12.4 Å². The lowest BCUT2D eigenvalue weighted by molar-refractivity contribution is 0.321. The first kappa shape index (κ1) is 17.3. The number of rotatable bonds is 5. The highest BCUT2D eigenvalue weighted by molar-refractivity contribution is 5.85. The first-order valence-electron chi connectivity index (χ1n) is 7.22. The zero-order valence-electron chi connectivity index (χ0n) is 13.3. The lowest BCUT2D eigenvalue weighted by Crippen LogP contribution is -2.24. The molecule has 1 atom stereocenters. The van der Waals surface area contributed by atoms with Crippen LogP contribution in [0.15, 0.2) is 22.7 Å². The predicted octanol–water partition coefficient (Wildman–Crippen LogP) is 2.58. The second-order valence-electron chi connectivity index (χ2n) is 5.25. The Bertz CT molecular complexity index is 700. The number of methoxy groups -OCH3 is 1. The van der Waals surface area contributed by atoms with Crippen LogP contribution >= 0.6 is 12.4 Å². The van der Waals surface area contributed by atoms with Crippen molar-refractivity contribution in [2.24, 2.45) is 0 Å². The highest BCUT2D eigenvalue weighted by atomic mass is 35.5. The van der Waals surface area contributed by atoms with Crippen LogP contribution in [0.4, 0.5) is 0 Å². The van der Waals surface area contributed by atoms with E-state index in [0.29, 0.717) is 24.4 Å². The number of nitrogens with zero attached hydrogens (tertiary/aromatic N) is 2. The fourth-order valence-corrected chi connectivity index (χ4v) is 2.31. The second-order valence-corrected chi connectivity index (χ2v) is 5.25. The third-order valence-electron chi connectivity index (χ3n) is 3.66. The largest absolute Gasteiger partial charge is 0.493 e. The predicted molar refractivity (Wildman–Crippen MR) is 90.1 cm³/mol. The molecular weight excluding hydrogens is 318 g/mol. The summed E-state index contributed by atoms with van der Waals surface area (Å²) in [5, 5.41) is 7.17. The van der Waals surface area contributed by atoms with Gasteiger partial charge >= 0.3 is 0 Å². The van der Waals surface area contributed by atoms with Crippen LogP contribution in [0.2, 0.25) is 0 Å². The molecule has 2 aromatic rings. The molecule has 0 radical (unpaired) electrons. The summed E-state index contributed by atoms with van der Waals surface area (Å²) in [7, 11) is 3.54. The highest BCUT2D eigenvalue weighted by Crippen LogP contribution is 2.37. The fraction of sp³-hybridized carbons (Fsp3) is 0.375. The summed E-state index contributed by atoms with van der Waals surface area (Å²) in [6.45, 7) is 2.46. The number of fused-ring (bicyclic) bond motifs is 1. The summed E-state index contributed by atoms with van der Waals surface area (Å²) in [5.74, 6) is 2.67. The molecule has 1 aliphatic heterocycles. The third-order valence-corrected chi connectivity index (χ3v) is 3.66. The van der Waals surface area contributed by atoms with Gasteiger partial charge in [0.25, 0.3) is 5.89 Å². The standard InChI is InChI=1S/C16H19N3O3.ClH/c1-10(17-2)7-14-18-16(22-19-14)12-8-11-5-4-6-13(20-3)15(11)21-9-12;/h4-6,8,10,17H,7,9H2,1-3H3;1H. The van der Waals surface area contributed by atoms with Crippen molar-refractivity contribution in [3.05, 3.63) is 35.5 Å². The molecule has 6 nitrogen and oxygen atoms in total. The number of hydrogen-bond donors (Lipinski definition) is 1. The van der Waals surface area contributed by atoms with Gasteiger partial charge in [-0.3, -0.25) is 0 Å². The first-order chi connectivity index (χ1) is 10.7. The van der Waals surface area contributed by atoms with Gasteiger partial charge in [-0.2, -0.15) is 4.98 Å². The fourth-order valence-electron chi connectivity index (χ4n) is 2.31. The molecule has 2 heterocycles. The Hall–Kier alpha value is -2.05. The van der Waals surface area contributed by atoms with Crippen molar-refractivity contribution in [2.75, 3.05) is 20.8 Å². The van der Waals surface area contributed by atoms with E-state index in [0.717, 1.165) is 29.1 Å². The number of halogens is 1. The van der Waals surface area contributed by atoms with Crippen molar-refractivity contribution < 1.29 is 14.0 Å². The Balaban J connectivity index is 0.00000192. The van der Waals surface area contributed by atoms with E-state index in [1.807, 2.05) is 31.3 Å². The van der Waals surface area contributed by atoms with Gasteiger partial charge in [0.15, 0.2) is 17.3 Å². The maximum Gasteiger partial charge on any atom is 0.257 e. The van der Waals surface area contributed by atoms with E-state index in [1.54, 1.807) is 7.11 Å². The Morgan fingerprint density at radius 2 is 2.22 bits per heavy atom. The van der Waals surface area contributed by atoms with Crippen molar-refractivity contribution >= 4 is 24.1 Å². The van der Waals surface area contributed by atoms with Gasteiger partial charge in [0, 0.05) is 18.0 Å². The molecular formula is C16H20ClN3O3. The van der Waals surface area contributed by atoms with E-state index in [1.165, 1.54) is 0 Å². The molecule has 1 N–H and O–H groups in total. The quantitative estimate of drug-likeness (QED) is 0.904. The van der Waals surface area contributed by atoms with E-state index >= 15 is 0 Å². The van der Waals surface area contributed by atoms with Crippen molar-refractivity contribution in [3.8, 4) is 11.5 Å². The highest BCUT2D eigenvalue weighted by Gasteiger charge is 2.20.